The van der Waals surface area contributed by atoms with Gasteiger partial charge in [-0.15, -0.1) is 12.4 Å². The van der Waals surface area contributed by atoms with E-state index in [1.807, 2.05) is 0 Å². The van der Waals surface area contributed by atoms with Crippen LogP contribution in [0.2, 0.25) is 0 Å². The Kier molecular flexibility index (Phi) is 5.71. The molecule has 1 amide bonds. The van der Waals surface area contributed by atoms with Crippen molar-refractivity contribution in [3.8, 4) is 0 Å². The molecule has 0 aliphatic heterocycles. The van der Waals surface area contributed by atoms with Crippen molar-refractivity contribution in [2.45, 2.75) is 19.9 Å². The number of hydrogen-bond acceptors (Lipinski definition) is 3. The maximum Gasteiger partial charge on any atom is 0.240 e. The predicted molar refractivity (Wildman–Crippen MR) is 66.0 cm³/mol. The summed E-state index contributed by atoms with van der Waals surface area (Å²) in [6.45, 7) is 3.08. The molecule has 16 heavy (non-hydrogen) atoms. The van der Waals surface area contributed by atoms with Crippen LogP contribution in [-0.2, 0) is 4.79 Å². The second-order valence-electron chi connectivity index (χ2n) is 3.41. The summed E-state index contributed by atoms with van der Waals surface area (Å²) in [5.74, 6) is -0.303. The van der Waals surface area contributed by atoms with Gasteiger partial charge in [0, 0.05) is 11.3 Å². The van der Waals surface area contributed by atoms with Crippen molar-refractivity contribution >= 4 is 29.8 Å². The quantitative estimate of drug-likeness (QED) is 0.791. The SMILES string of the molecule is CC(=O)c1cccc(NC(=O)[C@H](C)N)c1.Cl. The molecular weight excluding hydrogens is 228 g/mol. The average molecular weight is 243 g/mol. The number of amides is 1. The number of hydrogen-bond donors (Lipinski definition) is 2. The molecule has 0 saturated heterocycles. The molecule has 4 nitrogen and oxygen atoms in total. The Hall–Kier alpha value is -1.39. The fourth-order valence-corrected chi connectivity index (χ4v) is 1.07. The van der Waals surface area contributed by atoms with Crippen molar-refractivity contribution in [2.24, 2.45) is 5.73 Å². The summed E-state index contributed by atoms with van der Waals surface area (Å²) in [7, 11) is 0. The van der Waals surface area contributed by atoms with Crippen molar-refractivity contribution < 1.29 is 9.59 Å². The number of ketones is 1. The highest BCUT2D eigenvalue weighted by Gasteiger charge is 2.08. The number of nitrogens with one attached hydrogen (secondary N) is 1. The molecule has 1 aromatic rings. The normalized spacial score (nSPS) is 11.2. The van der Waals surface area contributed by atoms with Crippen LogP contribution in [0.15, 0.2) is 24.3 Å². The van der Waals surface area contributed by atoms with Crippen LogP contribution in [0.25, 0.3) is 0 Å². The van der Waals surface area contributed by atoms with Gasteiger partial charge in [0.15, 0.2) is 5.78 Å². The molecule has 0 fully saturated rings. The number of carbonyl (C=O) groups excluding carboxylic acids is 2. The lowest BCUT2D eigenvalue weighted by atomic mass is 10.1. The lowest BCUT2D eigenvalue weighted by Gasteiger charge is -2.08. The Labute approximate surface area is 101 Å². The minimum atomic E-state index is -0.564. The van der Waals surface area contributed by atoms with Crippen LogP contribution < -0.4 is 11.1 Å². The summed E-state index contributed by atoms with van der Waals surface area (Å²) in [6.07, 6.45) is 0. The first-order chi connectivity index (χ1) is 7.00. The van der Waals surface area contributed by atoms with E-state index >= 15 is 0 Å². The van der Waals surface area contributed by atoms with Crippen LogP contribution in [0, 0.1) is 0 Å². The number of nitrogens with two attached hydrogens (primary N) is 1. The Morgan fingerprint density at radius 1 is 1.38 bits per heavy atom. The molecule has 0 aliphatic rings. The molecule has 0 spiro atoms. The van der Waals surface area contributed by atoms with Crippen LogP contribution in [0.4, 0.5) is 5.69 Å². The maximum absolute atomic E-state index is 11.3. The lowest BCUT2D eigenvalue weighted by molar-refractivity contribution is -0.117. The maximum atomic E-state index is 11.3. The standard InChI is InChI=1S/C11H14N2O2.ClH/c1-7(12)11(15)13-10-5-3-4-9(6-10)8(2)14;/h3-7H,12H2,1-2H3,(H,13,15);1H/t7-;/m0./s1. The van der Waals surface area contributed by atoms with Gasteiger partial charge in [0.1, 0.15) is 0 Å². The molecule has 1 aromatic carbocycles. The summed E-state index contributed by atoms with van der Waals surface area (Å²) in [4.78, 5) is 22.4. The van der Waals surface area contributed by atoms with Crippen LogP contribution >= 0.6 is 12.4 Å². The zero-order valence-electron chi connectivity index (χ0n) is 9.19. The molecule has 1 atom stereocenters. The number of Topliss-reactive ketones (excluding diaryl/α,β-unsaturated/α-hetero) is 1. The van der Waals surface area contributed by atoms with E-state index in [0.29, 0.717) is 11.3 Å². The number of halogens is 1. The Bertz CT molecular complexity index is 391. The molecule has 0 unspecified atom stereocenters. The van der Waals surface area contributed by atoms with E-state index in [1.165, 1.54) is 6.92 Å². The first-order valence-corrected chi connectivity index (χ1v) is 4.68. The molecule has 0 radical (unpaired) electrons. The van der Waals surface area contributed by atoms with Crippen molar-refractivity contribution in [1.82, 2.24) is 0 Å². The van der Waals surface area contributed by atoms with Gasteiger partial charge in [0.2, 0.25) is 5.91 Å². The highest BCUT2D eigenvalue weighted by atomic mass is 35.5. The topological polar surface area (TPSA) is 72.2 Å². The molecule has 3 N–H and O–H groups in total. The smallest absolute Gasteiger partial charge is 0.240 e. The Balaban J connectivity index is 0.00000225. The van der Waals surface area contributed by atoms with Gasteiger partial charge in [-0.25, -0.2) is 0 Å². The molecule has 0 heterocycles. The summed E-state index contributed by atoms with van der Waals surface area (Å²) in [5, 5.41) is 2.62. The molecular formula is C11H15ClN2O2. The van der Waals surface area contributed by atoms with E-state index < -0.39 is 6.04 Å². The second-order valence-corrected chi connectivity index (χ2v) is 3.41. The molecule has 5 heteroatoms. The molecule has 0 bridgehead atoms. The van der Waals surface area contributed by atoms with E-state index in [1.54, 1.807) is 31.2 Å². The van der Waals surface area contributed by atoms with Gasteiger partial charge >= 0.3 is 0 Å². The third-order valence-corrected chi connectivity index (χ3v) is 1.95. The summed E-state index contributed by atoms with van der Waals surface area (Å²) in [6, 6.07) is 6.19. The third-order valence-electron chi connectivity index (χ3n) is 1.95. The van der Waals surface area contributed by atoms with E-state index in [9.17, 15) is 9.59 Å². The predicted octanol–water partition coefficient (Wildman–Crippen LogP) is 1.60. The number of benzene rings is 1. The number of anilines is 1. The fraction of sp³-hybridized carbons (Fsp3) is 0.273. The van der Waals surface area contributed by atoms with Crippen LogP contribution in [-0.4, -0.2) is 17.7 Å². The minimum absolute atomic E-state index is 0. The van der Waals surface area contributed by atoms with Gasteiger partial charge in [-0.05, 0) is 26.0 Å². The molecule has 0 aliphatic carbocycles. The van der Waals surface area contributed by atoms with Gasteiger partial charge in [-0.1, -0.05) is 12.1 Å². The van der Waals surface area contributed by atoms with E-state index in [-0.39, 0.29) is 24.1 Å². The number of rotatable bonds is 3. The highest BCUT2D eigenvalue weighted by Crippen LogP contribution is 2.11. The zero-order valence-corrected chi connectivity index (χ0v) is 10.0. The zero-order chi connectivity index (χ0) is 11.4. The van der Waals surface area contributed by atoms with Crippen molar-refractivity contribution in [3.63, 3.8) is 0 Å². The first-order valence-electron chi connectivity index (χ1n) is 4.68. The van der Waals surface area contributed by atoms with E-state index in [0.717, 1.165) is 0 Å². The van der Waals surface area contributed by atoms with Gasteiger partial charge in [0.05, 0.1) is 6.04 Å². The second kappa shape index (κ2) is 6.25. The van der Waals surface area contributed by atoms with Gasteiger partial charge in [-0.2, -0.15) is 0 Å². The first kappa shape index (κ1) is 14.6. The van der Waals surface area contributed by atoms with Crippen molar-refractivity contribution in [3.05, 3.63) is 29.8 Å². The lowest BCUT2D eigenvalue weighted by Crippen LogP contribution is -2.32. The fourth-order valence-electron chi connectivity index (χ4n) is 1.07. The summed E-state index contributed by atoms with van der Waals surface area (Å²) in [5.41, 5.74) is 6.56. The molecule has 88 valence electrons. The minimum Gasteiger partial charge on any atom is -0.325 e. The molecule has 1 rings (SSSR count). The monoisotopic (exact) mass is 242 g/mol. The number of carbonyl (C=O) groups is 2. The Morgan fingerprint density at radius 2 is 2.00 bits per heavy atom. The van der Waals surface area contributed by atoms with Crippen LogP contribution in [0.1, 0.15) is 24.2 Å². The van der Waals surface area contributed by atoms with Gasteiger partial charge in [-0.3, -0.25) is 9.59 Å². The van der Waals surface area contributed by atoms with Crippen molar-refractivity contribution in [1.29, 1.82) is 0 Å². The van der Waals surface area contributed by atoms with Crippen LogP contribution in [0.3, 0.4) is 0 Å². The van der Waals surface area contributed by atoms with Crippen molar-refractivity contribution in [2.75, 3.05) is 5.32 Å². The Morgan fingerprint density at radius 3 is 2.50 bits per heavy atom. The average Bonchev–Trinajstić information content (AvgIpc) is 2.18. The van der Waals surface area contributed by atoms with Gasteiger partial charge < -0.3 is 11.1 Å². The van der Waals surface area contributed by atoms with E-state index in [2.05, 4.69) is 5.32 Å². The highest BCUT2D eigenvalue weighted by molar-refractivity contribution is 5.98. The molecule has 0 aromatic heterocycles. The summed E-state index contributed by atoms with van der Waals surface area (Å²) < 4.78 is 0. The summed E-state index contributed by atoms with van der Waals surface area (Å²) >= 11 is 0. The van der Waals surface area contributed by atoms with Gasteiger partial charge in [0.25, 0.3) is 0 Å². The van der Waals surface area contributed by atoms with E-state index in [4.69, 9.17) is 5.73 Å². The third kappa shape index (κ3) is 4.00. The van der Waals surface area contributed by atoms with Crippen LogP contribution in [0.5, 0.6) is 0 Å². The molecule has 0 saturated carbocycles. The largest absolute Gasteiger partial charge is 0.325 e.